The molecule has 0 heterocycles. The number of anilines is 1. The van der Waals surface area contributed by atoms with Crippen LogP contribution in [0, 0.1) is 0 Å². The second kappa shape index (κ2) is 11.2. The van der Waals surface area contributed by atoms with Crippen molar-refractivity contribution in [3.8, 4) is 11.5 Å². The first-order valence-electron chi connectivity index (χ1n) is 10.0. The van der Waals surface area contributed by atoms with Gasteiger partial charge in [0.15, 0.2) is 11.5 Å². The maximum atomic E-state index is 13.1. The lowest BCUT2D eigenvalue weighted by molar-refractivity contribution is -0.117. The summed E-state index contributed by atoms with van der Waals surface area (Å²) in [6.07, 6.45) is 1.54. The van der Waals surface area contributed by atoms with E-state index in [0.717, 1.165) is 10.0 Å². The Morgan fingerprint density at radius 1 is 1.00 bits per heavy atom. The van der Waals surface area contributed by atoms with Crippen molar-refractivity contribution in [1.29, 1.82) is 0 Å². The smallest absolute Gasteiger partial charge is 0.268 e. The van der Waals surface area contributed by atoms with Gasteiger partial charge in [-0.2, -0.15) is 0 Å². The van der Waals surface area contributed by atoms with Gasteiger partial charge in [-0.1, -0.05) is 52.3 Å². The molecule has 0 saturated carbocycles. The molecule has 0 fully saturated rings. The molecule has 8 heteroatoms. The number of carbonyl (C=O) groups excluding carboxylic acids is 2. The molecule has 170 valence electrons. The summed E-state index contributed by atoms with van der Waals surface area (Å²) in [5, 5.41) is 5.52. The molecule has 7 nitrogen and oxygen atoms in total. The zero-order valence-electron chi connectivity index (χ0n) is 18.2. The fourth-order valence-electron chi connectivity index (χ4n) is 3.13. The van der Waals surface area contributed by atoms with Crippen molar-refractivity contribution in [2.75, 3.05) is 20.0 Å². The van der Waals surface area contributed by atoms with Gasteiger partial charge in [0.2, 0.25) is 0 Å². The molecule has 0 spiro atoms. The summed E-state index contributed by atoms with van der Waals surface area (Å²) in [6, 6.07) is 19.4. The van der Waals surface area contributed by atoms with Gasteiger partial charge in [0.05, 0.1) is 14.2 Å². The van der Waals surface area contributed by atoms with Crippen molar-refractivity contribution < 1.29 is 19.1 Å². The van der Waals surface area contributed by atoms with Crippen molar-refractivity contribution in [1.82, 2.24) is 10.6 Å². The van der Waals surface area contributed by atoms with Crippen LogP contribution in [-0.4, -0.2) is 26.0 Å². The van der Waals surface area contributed by atoms with E-state index in [0.29, 0.717) is 28.3 Å². The summed E-state index contributed by atoms with van der Waals surface area (Å²) < 4.78 is 11.6. The molecule has 0 saturated heterocycles. The molecule has 0 bridgehead atoms. The minimum absolute atomic E-state index is 0.0387. The van der Waals surface area contributed by atoms with E-state index in [1.807, 2.05) is 24.3 Å². The van der Waals surface area contributed by atoms with E-state index in [1.165, 1.54) is 20.3 Å². The van der Waals surface area contributed by atoms with Crippen LogP contribution in [0.3, 0.4) is 0 Å². The third-order valence-corrected chi connectivity index (χ3v) is 5.25. The summed E-state index contributed by atoms with van der Waals surface area (Å²) in [5.41, 5.74) is 8.31. The predicted octanol–water partition coefficient (Wildman–Crippen LogP) is 4.14. The summed E-state index contributed by atoms with van der Waals surface area (Å²) in [6.45, 7) is 0.197. The highest BCUT2D eigenvalue weighted by atomic mass is 79.9. The Bertz CT molecular complexity index is 1180. The molecule has 0 aliphatic rings. The van der Waals surface area contributed by atoms with Crippen LogP contribution in [0.2, 0.25) is 0 Å². The number of benzene rings is 3. The molecular weight excluding hydrogens is 486 g/mol. The number of nitrogens with one attached hydrogen (secondary N) is 2. The normalized spacial score (nSPS) is 10.9. The first kappa shape index (κ1) is 23.9. The predicted molar refractivity (Wildman–Crippen MR) is 132 cm³/mol. The number of ether oxygens (including phenoxy) is 2. The maximum absolute atomic E-state index is 13.1. The van der Waals surface area contributed by atoms with Crippen LogP contribution in [0.4, 0.5) is 5.69 Å². The number of nitrogen functional groups attached to an aromatic ring is 1. The summed E-state index contributed by atoms with van der Waals surface area (Å²) >= 11 is 3.43. The lowest BCUT2D eigenvalue weighted by atomic mass is 10.1. The molecule has 0 aliphatic heterocycles. The van der Waals surface area contributed by atoms with Crippen molar-refractivity contribution in [2.45, 2.75) is 6.54 Å². The Morgan fingerprint density at radius 3 is 2.36 bits per heavy atom. The fourth-order valence-corrected chi connectivity index (χ4v) is 3.58. The van der Waals surface area contributed by atoms with Gasteiger partial charge in [-0.05, 0) is 42.0 Å². The number of carbonyl (C=O) groups is 2. The minimum Gasteiger partial charge on any atom is -0.493 e. The Balaban J connectivity index is 1.96. The van der Waals surface area contributed by atoms with E-state index in [1.54, 1.807) is 42.5 Å². The average molecular weight is 510 g/mol. The number of methoxy groups -OCH3 is 2. The van der Waals surface area contributed by atoms with Gasteiger partial charge in [-0.3, -0.25) is 9.59 Å². The monoisotopic (exact) mass is 509 g/mol. The van der Waals surface area contributed by atoms with Crippen molar-refractivity contribution in [3.05, 3.63) is 93.6 Å². The lowest BCUT2D eigenvalue weighted by Crippen LogP contribution is -2.34. The van der Waals surface area contributed by atoms with Gasteiger partial charge >= 0.3 is 0 Å². The molecule has 3 aromatic carbocycles. The van der Waals surface area contributed by atoms with E-state index in [2.05, 4.69) is 26.6 Å². The zero-order valence-corrected chi connectivity index (χ0v) is 19.8. The number of hydrogen-bond donors (Lipinski definition) is 3. The van der Waals surface area contributed by atoms with Crippen molar-refractivity contribution in [2.24, 2.45) is 0 Å². The number of nitrogens with two attached hydrogens (primary N) is 1. The first-order valence-corrected chi connectivity index (χ1v) is 10.8. The molecule has 3 aromatic rings. The fraction of sp³-hybridized carbons (Fsp3) is 0.120. The summed E-state index contributed by atoms with van der Waals surface area (Å²) in [4.78, 5) is 25.9. The molecule has 0 radical (unpaired) electrons. The number of para-hydroxylation sites is 1. The highest BCUT2D eigenvalue weighted by molar-refractivity contribution is 9.10. The molecule has 0 unspecified atom stereocenters. The van der Waals surface area contributed by atoms with E-state index >= 15 is 0 Å². The van der Waals surface area contributed by atoms with E-state index in [-0.39, 0.29) is 12.2 Å². The standard InChI is InChI=1S/C25H24BrN3O4/c1-32-22-14-19(26)12-18(23(22)33-2)13-21(29-24(30)16-8-4-3-5-9-16)25(31)28-15-17-10-6-7-11-20(17)27/h3-14H,15,27H2,1-2H3,(H,28,31)(H,29,30)/b21-13-. The number of rotatable bonds is 8. The SMILES string of the molecule is COc1cc(Br)cc(/C=C(\NC(=O)c2ccccc2)C(=O)NCc2ccccc2N)c1OC. The van der Waals surface area contributed by atoms with Crippen LogP contribution in [0.5, 0.6) is 11.5 Å². The molecule has 4 N–H and O–H groups in total. The van der Waals surface area contributed by atoms with E-state index < -0.39 is 11.8 Å². The number of halogens is 1. The van der Waals surface area contributed by atoms with Crippen LogP contribution in [0.1, 0.15) is 21.5 Å². The largest absolute Gasteiger partial charge is 0.493 e. The van der Waals surface area contributed by atoms with E-state index in [4.69, 9.17) is 15.2 Å². The lowest BCUT2D eigenvalue weighted by Gasteiger charge is -2.15. The Kier molecular flexibility index (Phi) is 8.10. The third-order valence-electron chi connectivity index (χ3n) is 4.80. The van der Waals surface area contributed by atoms with Crippen LogP contribution in [0.25, 0.3) is 6.08 Å². The quantitative estimate of drug-likeness (QED) is 0.312. The molecular formula is C25H24BrN3O4. The second-order valence-corrected chi connectivity index (χ2v) is 7.91. The minimum atomic E-state index is -0.483. The number of hydrogen-bond acceptors (Lipinski definition) is 5. The first-order chi connectivity index (χ1) is 15.9. The van der Waals surface area contributed by atoms with Gasteiger partial charge in [0.25, 0.3) is 11.8 Å². The Morgan fingerprint density at radius 2 is 1.70 bits per heavy atom. The number of amides is 2. The van der Waals surface area contributed by atoms with E-state index in [9.17, 15) is 9.59 Å². The van der Waals surface area contributed by atoms with Gasteiger partial charge in [0, 0.05) is 27.8 Å². The summed E-state index contributed by atoms with van der Waals surface area (Å²) in [5.74, 6) is -0.00252. The van der Waals surface area contributed by atoms with Crippen LogP contribution < -0.4 is 25.8 Å². The zero-order chi connectivity index (χ0) is 23.8. The van der Waals surface area contributed by atoms with Crippen LogP contribution >= 0.6 is 15.9 Å². The molecule has 2 amide bonds. The molecule has 0 aromatic heterocycles. The summed E-state index contributed by atoms with van der Waals surface area (Å²) in [7, 11) is 3.02. The van der Waals surface area contributed by atoms with Gasteiger partial charge in [0.1, 0.15) is 5.70 Å². The second-order valence-electron chi connectivity index (χ2n) is 6.99. The highest BCUT2D eigenvalue weighted by Gasteiger charge is 2.18. The highest BCUT2D eigenvalue weighted by Crippen LogP contribution is 2.35. The topological polar surface area (TPSA) is 103 Å². The molecule has 0 aliphatic carbocycles. The third kappa shape index (κ3) is 6.14. The van der Waals surface area contributed by atoms with Crippen LogP contribution in [0.15, 0.2) is 76.9 Å². The van der Waals surface area contributed by atoms with Gasteiger partial charge in [-0.25, -0.2) is 0 Å². The molecule has 0 atom stereocenters. The average Bonchev–Trinajstić information content (AvgIpc) is 2.83. The van der Waals surface area contributed by atoms with Gasteiger partial charge in [-0.15, -0.1) is 0 Å². The van der Waals surface area contributed by atoms with Crippen LogP contribution in [-0.2, 0) is 11.3 Å². The van der Waals surface area contributed by atoms with Crippen molar-refractivity contribution >= 4 is 39.5 Å². The molecule has 33 heavy (non-hydrogen) atoms. The van der Waals surface area contributed by atoms with Gasteiger partial charge < -0.3 is 25.8 Å². The Labute approximate surface area is 200 Å². The maximum Gasteiger partial charge on any atom is 0.268 e. The van der Waals surface area contributed by atoms with Crippen molar-refractivity contribution in [3.63, 3.8) is 0 Å². The molecule has 3 rings (SSSR count). The Hall–Kier alpha value is -3.78.